The van der Waals surface area contributed by atoms with E-state index in [1.807, 2.05) is 12.1 Å². The van der Waals surface area contributed by atoms with Crippen LogP contribution in [0.2, 0.25) is 0 Å². The molecule has 4 nitrogen and oxygen atoms in total. The van der Waals surface area contributed by atoms with Gasteiger partial charge < -0.3 is 15.2 Å². The number of hydrogen-bond acceptors (Lipinski definition) is 4. The Bertz CT molecular complexity index is 389. The van der Waals surface area contributed by atoms with E-state index in [1.54, 1.807) is 0 Å². The first-order valence-corrected chi connectivity index (χ1v) is 6.60. The maximum absolute atomic E-state index is 5.73. The van der Waals surface area contributed by atoms with Crippen molar-refractivity contribution in [1.29, 1.82) is 0 Å². The highest BCUT2D eigenvalue weighted by Crippen LogP contribution is 2.31. The van der Waals surface area contributed by atoms with Crippen LogP contribution in [0, 0.1) is 0 Å². The van der Waals surface area contributed by atoms with Gasteiger partial charge in [0.1, 0.15) is 0 Å². The number of likely N-dealkylation sites (tertiary alicyclic amines) is 1. The summed E-state index contributed by atoms with van der Waals surface area (Å²) in [6.45, 7) is 4.54. The van der Waals surface area contributed by atoms with Crippen LogP contribution >= 0.6 is 0 Å². The summed E-state index contributed by atoms with van der Waals surface area (Å²) >= 11 is 0. The van der Waals surface area contributed by atoms with Gasteiger partial charge in [0.05, 0.1) is 13.2 Å². The minimum absolute atomic E-state index is 0.266. The predicted molar refractivity (Wildman–Crippen MR) is 70.0 cm³/mol. The van der Waals surface area contributed by atoms with Crippen LogP contribution in [0.3, 0.4) is 0 Å². The van der Waals surface area contributed by atoms with Crippen LogP contribution in [0.25, 0.3) is 0 Å². The van der Waals surface area contributed by atoms with Gasteiger partial charge >= 0.3 is 0 Å². The number of nitrogens with two attached hydrogens (primary N) is 1. The zero-order chi connectivity index (χ0) is 12.4. The van der Waals surface area contributed by atoms with E-state index in [-0.39, 0.29) is 5.79 Å². The largest absolute Gasteiger partial charge is 0.399 e. The number of piperidine rings is 1. The van der Waals surface area contributed by atoms with Crippen molar-refractivity contribution in [2.24, 2.45) is 0 Å². The van der Waals surface area contributed by atoms with Crippen molar-refractivity contribution >= 4 is 5.69 Å². The molecule has 0 saturated carbocycles. The van der Waals surface area contributed by atoms with Gasteiger partial charge in [0.2, 0.25) is 0 Å². The lowest BCUT2D eigenvalue weighted by atomic mass is 10.0. The molecule has 0 bridgehead atoms. The molecule has 1 aromatic carbocycles. The van der Waals surface area contributed by atoms with Crippen LogP contribution < -0.4 is 5.73 Å². The van der Waals surface area contributed by atoms with Crippen molar-refractivity contribution in [3.63, 3.8) is 0 Å². The SMILES string of the molecule is Nc1ccc(CN2CCC3(CC2)OCCO3)cc1. The highest BCUT2D eigenvalue weighted by molar-refractivity contribution is 5.39. The van der Waals surface area contributed by atoms with E-state index in [4.69, 9.17) is 15.2 Å². The second kappa shape index (κ2) is 4.88. The van der Waals surface area contributed by atoms with Gasteiger partial charge in [-0.1, -0.05) is 12.1 Å². The number of rotatable bonds is 2. The fourth-order valence-corrected chi connectivity index (χ4v) is 2.72. The third-order valence-electron chi connectivity index (χ3n) is 3.82. The molecule has 3 rings (SSSR count). The van der Waals surface area contributed by atoms with Crippen molar-refractivity contribution in [1.82, 2.24) is 4.90 Å². The fraction of sp³-hybridized carbons (Fsp3) is 0.571. The number of benzene rings is 1. The lowest BCUT2D eigenvalue weighted by Gasteiger charge is -2.37. The Kier molecular flexibility index (Phi) is 3.24. The molecule has 0 unspecified atom stereocenters. The first-order valence-electron chi connectivity index (χ1n) is 6.60. The second-order valence-electron chi connectivity index (χ2n) is 5.13. The highest BCUT2D eigenvalue weighted by Gasteiger charge is 2.39. The van der Waals surface area contributed by atoms with E-state index in [9.17, 15) is 0 Å². The molecule has 98 valence electrons. The van der Waals surface area contributed by atoms with Crippen molar-refractivity contribution in [2.45, 2.75) is 25.2 Å². The molecule has 2 heterocycles. The summed E-state index contributed by atoms with van der Waals surface area (Å²) in [5, 5.41) is 0. The molecular weight excluding hydrogens is 228 g/mol. The third kappa shape index (κ3) is 2.51. The van der Waals surface area contributed by atoms with Crippen LogP contribution in [0.4, 0.5) is 5.69 Å². The molecular formula is C14H20N2O2. The van der Waals surface area contributed by atoms with Crippen molar-refractivity contribution in [3.8, 4) is 0 Å². The highest BCUT2D eigenvalue weighted by atomic mass is 16.7. The third-order valence-corrected chi connectivity index (χ3v) is 3.82. The van der Waals surface area contributed by atoms with Crippen molar-refractivity contribution in [2.75, 3.05) is 32.0 Å². The van der Waals surface area contributed by atoms with Gasteiger partial charge in [-0.05, 0) is 17.7 Å². The van der Waals surface area contributed by atoms with Gasteiger partial charge in [-0.15, -0.1) is 0 Å². The minimum Gasteiger partial charge on any atom is -0.399 e. The van der Waals surface area contributed by atoms with Crippen LogP contribution in [-0.4, -0.2) is 37.0 Å². The Morgan fingerprint density at radius 2 is 1.67 bits per heavy atom. The zero-order valence-corrected chi connectivity index (χ0v) is 10.6. The Balaban J connectivity index is 1.55. The van der Waals surface area contributed by atoms with Gasteiger partial charge in [-0.3, -0.25) is 4.90 Å². The normalized spacial score (nSPS) is 23.6. The molecule has 2 aliphatic heterocycles. The van der Waals surface area contributed by atoms with E-state index >= 15 is 0 Å². The molecule has 2 saturated heterocycles. The second-order valence-corrected chi connectivity index (χ2v) is 5.13. The van der Waals surface area contributed by atoms with Gasteiger partial charge in [0, 0.05) is 38.2 Å². The lowest BCUT2D eigenvalue weighted by Crippen LogP contribution is -2.44. The topological polar surface area (TPSA) is 47.7 Å². The Morgan fingerprint density at radius 1 is 1.06 bits per heavy atom. The Labute approximate surface area is 108 Å². The number of nitrogen functional groups attached to an aromatic ring is 1. The Morgan fingerprint density at radius 3 is 2.28 bits per heavy atom. The molecule has 0 radical (unpaired) electrons. The van der Waals surface area contributed by atoms with Gasteiger partial charge in [0.15, 0.2) is 5.79 Å². The molecule has 2 aliphatic rings. The summed E-state index contributed by atoms with van der Waals surface area (Å²) in [4.78, 5) is 2.45. The summed E-state index contributed by atoms with van der Waals surface area (Å²) < 4.78 is 11.5. The number of ether oxygens (including phenoxy) is 2. The molecule has 0 atom stereocenters. The molecule has 2 fully saturated rings. The average Bonchev–Trinajstić information content (AvgIpc) is 2.84. The maximum atomic E-state index is 5.73. The fourth-order valence-electron chi connectivity index (χ4n) is 2.72. The average molecular weight is 248 g/mol. The van der Waals surface area contributed by atoms with Gasteiger partial charge in [-0.2, -0.15) is 0 Å². The van der Waals surface area contributed by atoms with Crippen LogP contribution in [0.1, 0.15) is 18.4 Å². The first kappa shape index (κ1) is 12.0. The van der Waals surface area contributed by atoms with Crippen molar-refractivity contribution < 1.29 is 9.47 Å². The molecule has 4 heteroatoms. The van der Waals surface area contributed by atoms with E-state index in [1.165, 1.54) is 5.56 Å². The van der Waals surface area contributed by atoms with Gasteiger partial charge in [-0.25, -0.2) is 0 Å². The van der Waals surface area contributed by atoms with Crippen LogP contribution in [0.5, 0.6) is 0 Å². The Hall–Kier alpha value is -1.10. The molecule has 0 aromatic heterocycles. The summed E-state index contributed by atoms with van der Waals surface area (Å²) in [5.41, 5.74) is 7.83. The molecule has 1 spiro atoms. The zero-order valence-electron chi connectivity index (χ0n) is 10.6. The summed E-state index contributed by atoms with van der Waals surface area (Å²) in [5.74, 6) is -0.266. The molecule has 0 amide bonds. The van der Waals surface area contributed by atoms with Crippen LogP contribution in [-0.2, 0) is 16.0 Å². The van der Waals surface area contributed by atoms with E-state index in [0.717, 1.165) is 51.4 Å². The molecule has 0 aliphatic carbocycles. The van der Waals surface area contributed by atoms with E-state index < -0.39 is 0 Å². The monoisotopic (exact) mass is 248 g/mol. The van der Waals surface area contributed by atoms with E-state index in [0.29, 0.717) is 0 Å². The first-order chi connectivity index (χ1) is 8.76. The summed E-state index contributed by atoms with van der Waals surface area (Å²) in [6.07, 6.45) is 1.95. The molecule has 18 heavy (non-hydrogen) atoms. The maximum Gasteiger partial charge on any atom is 0.170 e. The summed E-state index contributed by atoms with van der Waals surface area (Å²) in [7, 11) is 0. The van der Waals surface area contributed by atoms with Crippen molar-refractivity contribution in [3.05, 3.63) is 29.8 Å². The van der Waals surface area contributed by atoms with E-state index in [2.05, 4.69) is 17.0 Å². The number of hydrogen-bond donors (Lipinski definition) is 1. The quantitative estimate of drug-likeness (QED) is 0.808. The van der Waals surface area contributed by atoms with Crippen LogP contribution in [0.15, 0.2) is 24.3 Å². The number of anilines is 1. The summed E-state index contributed by atoms with van der Waals surface area (Å²) in [6, 6.07) is 8.12. The smallest absolute Gasteiger partial charge is 0.170 e. The lowest BCUT2D eigenvalue weighted by molar-refractivity contribution is -0.185. The standard InChI is InChI=1S/C14H20N2O2/c15-13-3-1-12(2-4-13)11-16-7-5-14(6-8-16)17-9-10-18-14/h1-4H,5-11,15H2. The van der Waals surface area contributed by atoms with Gasteiger partial charge in [0.25, 0.3) is 0 Å². The minimum atomic E-state index is -0.266. The molecule has 2 N–H and O–H groups in total. The predicted octanol–water partition coefficient (Wildman–Crippen LogP) is 1.61. The molecule has 1 aromatic rings. The number of nitrogens with zero attached hydrogens (tertiary/aromatic N) is 1.